The summed E-state index contributed by atoms with van der Waals surface area (Å²) in [6.07, 6.45) is 0.597. The Hall–Kier alpha value is -2.45. The SMILES string of the molecule is CN(C)c1ccc(C(=O)N2CCn3nc([C@H](O)CO)cc3C2)cn1. The van der Waals surface area contributed by atoms with E-state index < -0.39 is 6.10 Å². The van der Waals surface area contributed by atoms with Crippen LogP contribution in [0.3, 0.4) is 0 Å². The molecule has 2 N–H and O–H groups in total. The summed E-state index contributed by atoms with van der Waals surface area (Å²) in [7, 11) is 3.79. The molecule has 1 amide bonds. The van der Waals surface area contributed by atoms with Gasteiger partial charge in [0.15, 0.2) is 0 Å². The number of aliphatic hydroxyl groups excluding tert-OH is 2. The quantitative estimate of drug-likeness (QED) is 0.821. The lowest BCUT2D eigenvalue weighted by Crippen LogP contribution is -2.38. The standard InChI is InChI=1S/C16H21N5O3/c1-19(2)15-4-3-11(8-17-15)16(24)20-5-6-21-12(9-20)7-13(18-21)14(23)10-22/h3-4,7-8,14,22-23H,5-6,9-10H2,1-2H3/t14-/m1/s1. The van der Waals surface area contributed by atoms with Crippen molar-refractivity contribution in [2.75, 3.05) is 32.1 Å². The highest BCUT2D eigenvalue weighted by Crippen LogP contribution is 2.20. The van der Waals surface area contributed by atoms with Crippen molar-refractivity contribution in [3.63, 3.8) is 0 Å². The topological polar surface area (TPSA) is 94.7 Å². The summed E-state index contributed by atoms with van der Waals surface area (Å²) in [6.45, 7) is 1.14. The Balaban J connectivity index is 1.74. The van der Waals surface area contributed by atoms with Crippen molar-refractivity contribution in [2.24, 2.45) is 0 Å². The summed E-state index contributed by atoms with van der Waals surface area (Å²) in [5, 5.41) is 23.0. The number of aliphatic hydroxyl groups is 2. The number of hydrogen-bond acceptors (Lipinski definition) is 6. The smallest absolute Gasteiger partial charge is 0.255 e. The molecular weight excluding hydrogens is 310 g/mol. The monoisotopic (exact) mass is 331 g/mol. The third-order valence-electron chi connectivity index (χ3n) is 4.07. The molecule has 128 valence electrons. The lowest BCUT2D eigenvalue weighted by Gasteiger charge is -2.27. The summed E-state index contributed by atoms with van der Waals surface area (Å²) < 4.78 is 1.77. The molecule has 0 aromatic carbocycles. The predicted octanol–water partition coefficient (Wildman–Crippen LogP) is 0.0258. The Morgan fingerprint density at radius 2 is 2.17 bits per heavy atom. The molecule has 1 aliphatic rings. The van der Waals surface area contributed by atoms with E-state index in [9.17, 15) is 9.90 Å². The first-order chi connectivity index (χ1) is 11.5. The number of fused-ring (bicyclic) bond motifs is 1. The minimum Gasteiger partial charge on any atom is -0.393 e. The van der Waals surface area contributed by atoms with E-state index in [4.69, 9.17) is 5.11 Å². The average Bonchev–Trinajstić information content (AvgIpc) is 3.03. The van der Waals surface area contributed by atoms with E-state index in [0.29, 0.717) is 30.9 Å². The van der Waals surface area contributed by atoms with Gasteiger partial charge in [-0.15, -0.1) is 0 Å². The molecule has 0 fully saturated rings. The molecule has 8 nitrogen and oxygen atoms in total. The van der Waals surface area contributed by atoms with Crippen LogP contribution in [0, 0.1) is 0 Å². The molecule has 0 aliphatic carbocycles. The van der Waals surface area contributed by atoms with Crippen LogP contribution >= 0.6 is 0 Å². The second-order valence-corrected chi connectivity index (χ2v) is 6.01. The normalized spacial score (nSPS) is 15.1. The van der Waals surface area contributed by atoms with Gasteiger partial charge in [0.05, 0.1) is 36.6 Å². The highest BCUT2D eigenvalue weighted by Gasteiger charge is 2.24. The van der Waals surface area contributed by atoms with Gasteiger partial charge in [0, 0.05) is 26.8 Å². The van der Waals surface area contributed by atoms with Crippen LogP contribution in [0.1, 0.15) is 27.8 Å². The fraction of sp³-hybridized carbons (Fsp3) is 0.438. The van der Waals surface area contributed by atoms with Gasteiger partial charge in [-0.05, 0) is 18.2 Å². The van der Waals surface area contributed by atoms with E-state index >= 15 is 0 Å². The molecule has 24 heavy (non-hydrogen) atoms. The van der Waals surface area contributed by atoms with Crippen molar-refractivity contribution in [3.8, 4) is 0 Å². The Kier molecular flexibility index (Phi) is 4.50. The number of anilines is 1. The number of rotatable bonds is 4. The van der Waals surface area contributed by atoms with Crippen LogP contribution in [-0.4, -0.2) is 63.0 Å². The molecule has 0 bridgehead atoms. The van der Waals surface area contributed by atoms with Gasteiger partial charge in [-0.25, -0.2) is 4.98 Å². The lowest BCUT2D eigenvalue weighted by atomic mass is 10.2. The highest BCUT2D eigenvalue weighted by molar-refractivity contribution is 5.94. The third kappa shape index (κ3) is 3.10. The van der Waals surface area contributed by atoms with Gasteiger partial charge in [0.2, 0.25) is 0 Å². The molecule has 0 saturated heterocycles. The molecule has 0 unspecified atom stereocenters. The second kappa shape index (κ2) is 6.58. The molecule has 3 heterocycles. The van der Waals surface area contributed by atoms with Crippen molar-refractivity contribution in [2.45, 2.75) is 19.2 Å². The van der Waals surface area contributed by atoms with E-state index in [1.54, 1.807) is 27.9 Å². The van der Waals surface area contributed by atoms with Gasteiger partial charge in [-0.3, -0.25) is 9.48 Å². The zero-order valence-corrected chi connectivity index (χ0v) is 13.8. The van der Waals surface area contributed by atoms with E-state index in [-0.39, 0.29) is 12.5 Å². The number of carbonyl (C=O) groups is 1. The van der Waals surface area contributed by atoms with Gasteiger partial charge in [-0.1, -0.05) is 0 Å². The molecule has 2 aromatic rings. The number of hydrogen-bond donors (Lipinski definition) is 2. The van der Waals surface area contributed by atoms with Crippen LogP contribution in [-0.2, 0) is 13.1 Å². The van der Waals surface area contributed by atoms with Gasteiger partial charge in [0.25, 0.3) is 5.91 Å². The van der Waals surface area contributed by atoms with Crippen LogP contribution in [0.15, 0.2) is 24.4 Å². The van der Waals surface area contributed by atoms with Crippen molar-refractivity contribution in [1.82, 2.24) is 19.7 Å². The Morgan fingerprint density at radius 3 is 2.79 bits per heavy atom. The number of nitrogens with zero attached hydrogens (tertiary/aromatic N) is 5. The lowest BCUT2D eigenvalue weighted by molar-refractivity contribution is 0.0704. The summed E-state index contributed by atoms with van der Waals surface area (Å²) in [4.78, 5) is 20.5. The maximum absolute atomic E-state index is 12.6. The molecule has 1 atom stereocenters. The van der Waals surface area contributed by atoms with E-state index in [2.05, 4.69) is 10.1 Å². The van der Waals surface area contributed by atoms with Crippen molar-refractivity contribution in [3.05, 3.63) is 41.3 Å². The fourth-order valence-corrected chi connectivity index (χ4v) is 2.68. The molecule has 0 radical (unpaired) electrons. The van der Waals surface area contributed by atoms with Crippen molar-refractivity contribution >= 4 is 11.7 Å². The molecule has 3 rings (SSSR count). The van der Waals surface area contributed by atoms with Crippen LogP contribution in [0.5, 0.6) is 0 Å². The Morgan fingerprint density at radius 1 is 1.38 bits per heavy atom. The highest BCUT2D eigenvalue weighted by atomic mass is 16.3. The minimum atomic E-state index is -0.991. The summed E-state index contributed by atoms with van der Waals surface area (Å²) in [5.41, 5.74) is 1.82. The summed E-state index contributed by atoms with van der Waals surface area (Å²) in [5.74, 6) is 0.718. The first-order valence-electron chi connectivity index (χ1n) is 7.78. The number of carbonyl (C=O) groups excluding carboxylic acids is 1. The van der Waals surface area contributed by atoms with Gasteiger partial charge >= 0.3 is 0 Å². The number of aromatic nitrogens is 3. The Bertz CT molecular complexity index is 726. The van der Waals surface area contributed by atoms with E-state index in [1.165, 1.54) is 0 Å². The predicted molar refractivity (Wildman–Crippen MR) is 87.6 cm³/mol. The van der Waals surface area contributed by atoms with Gasteiger partial charge in [0.1, 0.15) is 11.9 Å². The molecule has 0 spiro atoms. The van der Waals surface area contributed by atoms with E-state index in [1.807, 2.05) is 25.1 Å². The van der Waals surface area contributed by atoms with Crippen LogP contribution in [0.25, 0.3) is 0 Å². The first-order valence-corrected chi connectivity index (χ1v) is 7.78. The zero-order chi connectivity index (χ0) is 17.3. The van der Waals surface area contributed by atoms with E-state index in [0.717, 1.165) is 11.5 Å². The maximum Gasteiger partial charge on any atom is 0.255 e. The molecule has 2 aromatic heterocycles. The minimum absolute atomic E-state index is 0.0792. The summed E-state index contributed by atoms with van der Waals surface area (Å²) >= 11 is 0. The number of amides is 1. The fourth-order valence-electron chi connectivity index (χ4n) is 2.68. The molecule has 0 saturated carbocycles. The van der Waals surface area contributed by atoms with Gasteiger partial charge in [-0.2, -0.15) is 5.10 Å². The zero-order valence-electron chi connectivity index (χ0n) is 13.8. The maximum atomic E-state index is 12.6. The second-order valence-electron chi connectivity index (χ2n) is 6.01. The van der Waals surface area contributed by atoms with Crippen molar-refractivity contribution < 1.29 is 15.0 Å². The Labute approximate surface area is 139 Å². The first kappa shape index (κ1) is 16.4. The molecular formula is C16H21N5O3. The molecule has 8 heteroatoms. The van der Waals surface area contributed by atoms with Crippen molar-refractivity contribution in [1.29, 1.82) is 0 Å². The number of pyridine rings is 1. The third-order valence-corrected chi connectivity index (χ3v) is 4.07. The average molecular weight is 331 g/mol. The van der Waals surface area contributed by atoms with Crippen LogP contribution in [0.2, 0.25) is 0 Å². The van der Waals surface area contributed by atoms with Crippen LogP contribution in [0.4, 0.5) is 5.82 Å². The van der Waals surface area contributed by atoms with Gasteiger partial charge < -0.3 is 20.0 Å². The van der Waals surface area contributed by atoms with Crippen LogP contribution < -0.4 is 4.90 Å². The largest absolute Gasteiger partial charge is 0.393 e. The molecule has 1 aliphatic heterocycles. The summed E-state index contributed by atoms with van der Waals surface area (Å²) in [6, 6.07) is 5.32.